The van der Waals surface area contributed by atoms with Gasteiger partial charge in [0.2, 0.25) is 15.9 Å². The van der Waals surface area contributed by atoms with E-state index in [1.807, 2.05) is 32.8 Å². The number of fused-ring (bicyclic) bond motifs is 1. The number of hydrogen-bond donors (Lipinski definition) is 0. The van der Waals surface area contributed by atoms with Gasteiger partial charge < -0.3 is 9.64 Å². The number of hydrogen-bond acceptors (Lipinski definition) is 7. The number of thiazole rings is 1. The number of anilines is 1. The molecule has 188 valence electrons. The molecule has 35 heavy (non-hydrogen) atoms. The van der Waals surface area contributed by atoms with Crippen molar-refractivity contribution in [2.24, 2.45) is 0 Å². The molecule has 1 atom stereocenters. The summed E-state index contributed by atoms with van der Waals surface area (Å²) in [5.74, 6) is 0.351. The summed E-state index contributed by atoms with van der Waals surface area (Å²) in [6.45, 7) is 5.44. The molecule has 2 heterocycles. The van der Waals surface area contributed by atoms with Gasteiger partial charge >= 0.3 is 0 Å². The van der Waals surface area contributed by atoms with Gasteiger partial charge in [-0.05, 0) is 82.2 Å². The Morgan fingerprint density at radius 1 is 1.17 bits per heavy atom. The van der Waals surface area contributed by atoms with E-state index in [0.29, 0.717) is 43.4 Å². The molecule has 1 aromatic heterocycles. The Morgan fingerprint density at radius 2 is 1.89 bits per heavy atom. The number of benzene rings is 2. The van der Waals surface area contributed by atoms with E-state index in [-0.39, 0.29) is 10.8 Å². The summed E-state index contributed by atoms with van der Waals surface area (Å²) in [4.78, 5) is 22.6. The molecule has 1 saturated heterocycles. The first kappa shape index (κ1) is 25.6. The summed E-state index contributed by atoms with van der Waals surface area (Å²) in [5, 5.41) is 0.606. The van der Waals surface area contributed by atoms with Gasteiger partial charge in [0.15, 0.2) is 5.13 Å². The summed E-state index contributed by atoms with van der Waals surface area (Å²) in [7, 11) is 1.59. The Balaban J connectivity index is 1.68. The number of rotatable bonds is 8. The van der Waals surface area contributed by atoms with Crippen LogP contribution in [0.4, 0.5) is 5.13 Å². The minimum absolute atomic E-state index is 0.156. The highest BCUT2D eigenvalue weighted by Crippen LogP contribution is 2.34. The van der Waals surface area contributed by atoms with Gasteiger partial charge in [-0.2, -0.15) is 4.31 Å². The SMILES string of the molecule is COc1ccc(S(=O)(=O)N2CCCC2C(=O)N(CCN(C)C)c2nc3c(C)cc(C)cc3s2)cc1. The molecule has 3 aromatic rings. The second-order valence-corrected chi connectivity index (χ2v) is 12.1. The first-order valence-electron chi connectivity index (χ1n) is 11.6. The Morgan fingerprint density at radius 3 is 2.54 bits per heavy atom. The molecule has 0 spiro atoms. The Bertz CT molecular complexity index is 1320. The van der Waals surface area contributed by atoms with E-state index < -0.39 is 16.1 Å². The first-order chi connectivity index (χ1) is 16.6. The maximum Gasteiger partial charge on any atom is 0.247 e. The van der Waals surface area contributed by atoms with Gasteiger partial charge in [-0.25, -0.2) is 13.4 Å². The van der Waals surface area contributed by atoms with Crippen LogP contribution in [0.25, 0.3) is 10.2 Å². The van der Waals surface area contributed by atoms with Gasteiger partial charge in [-0.3, -0.25) is 9.69 Å². The highest BCUT2D eigenvalue weighted by Gasteiger charge is 2.42. The van der Waals surface area contributed by atoms with Crippen LogP contribution >= 0.6 is 11.3 Å². The van der Waals surface area contributed by atoms with E-state index in [1.54, 1.807) is 17.0 Å². The van der Waals surface area contributed by atoms with E-state index in [9.17, 15) is 13.2 Å². The van der Waals surface area contributed by atoms with E-state index in [2.05, 4.69) is 12.1 Å². The zero-order valence-electron chi connectivity index (χ0n) is 20.8. The van der Waals surface area contributed by atoms with Crippen LogP contribution in [0, 0.1) is 13.8 Å². The molecule has 8 nitrogen and oxygen atoms in total. The highest BCUT2D eigenvalue weighted by molar-refractivity contribution is 7.89. The van der Waals surface area contributed by atoms with Crippen LogP contribution in [0.1, 0.15) is 24.0 Å². The van der Waals surface area contributed by atoms with Crippen molar-refractivity contribution in [1.29, 1.82) is 0 Å². The van der Waals surface area contributed by atoms with Crippen molar-refractivity contribution in [3.05, 3.63) is 47.5 Å². The van der Waals surface area contributed by atoms with Crippen molar-refractivity contribution in [3.63, 3.8) is 0 Å². The fourth-order valence-electron chi connectivity index (χ4n) is 4.41. The van der Waals surface area contributed by atoms with E-state index in [1.165, 1.54) is 34.9 Å². The number of aromatic nitrogens is 1. The number of sulfonamides is 1. The predicted molar refractivity (Wildman–Crippen MR) is 140 cm³/mol. The van der Waals surface area contributed by atoms with Crippen LogP contribution in [0.15, 0.2) is 41.3 Å². The number of likely N-dealkylation sites (N-methyl/N-ethyl adjacent to an activating group) is 1. The summed E-state index contributed by atoms with van der Waals surface area (Å²) in [6.07, 6.45) is 1.11. The average molecular weight is 517 g/mol. The lowest BCUT2D eigenvalue weighted by molar-refractivity contribution is -0.121. The van der Waals surface area contributed by atoms with Gasteiger partial charge in [-0.1, -0.05) is 17.4 Å². The number of carbonyl (C=O) groups is 1. The molecule has 1 aliphatic rings. The van der Waals surface area contributed by atoms with Crippen LogP contribution in [-0.2, 0) is 14.8 Å². The molecule has 1 fully saturated rings. The molecule has 1 unspecified atom stereocenters. The molecule has 0 bridgehead atoms. The third-order valence-electron chi connectivity index (χ3n) is 6.24. The summed E-state index contributed by atoms with van der Waals surface area (Å²) < 4.78 is 34.5. The maximum absolute atomic E-state index is 13.9. The monoisotopic (exact) mass is 516 g/mol. The van der Waals surface area contributed by atoms with Crippen molar-refractivity contribution < 1.29 is 17.9 Å². The first-order valence-corrected chi connectivity index (χ1v) is 13.9. The van der Waals surface area contributed by atoms with Crippen LogP contribution in [0.5, 0.6) is 5.75 Å². The van der Waals surface area contributed by atoms with Gasteiger partial charge in [-0.15, -0.1) is 0 Å². The molecule has 2 aromatic carbocycles. The minimum Gasteiger partial charge on any atom is -0.497 e. The third kappa shape index (κ3) is 5.20. The van der Waals surface area contributed by atoms with Gasteiger partial charge in [0.25, 0.3) is 0 Å². The van der Waals surface area contributed by atoms with E-state index in [0.717, 1.165) is 21.3 Å². The standard InChI is InChI=1S/C25H32N4O4S2/c1-17-15-18(2)23-22(16-17)34-25(26-23)28(14-13-27(3)4)24(30)21-7-6-12-29(21)35(31,32)20-10-8-19(33-5)9-11-20/h8-11,15-16,21H,6-7,12-14H2,1-5H3. The van der Waals surface area contributed by atoms with Crippen LogP contribution in [0.3, 0.4) is 0 Å². The number of amides is 1. The van der Waals surface area contributed by atoms with Crippen molar-refractivity contribution in [3.8, 4) is 5.75 Å². The number of nitrogens with zero attached hydrogens (tertiary/aromatic N) is 4. The summed E-state index contributed by atoms with van der Waals surface area (Å²) >= 11 is 1.48. The Labute approximate surface area is 211 Å². The van der Waals surface area contributed by atoms with Crippen LogP contribution in [-0.4, -0.2) is 75.4 Å². The normalized spacial score (nSPS) is 16.8. The zero-order chi connectivity index (χ0) is 25.3. The third-order valence-corrected chi connectivity index (χ3v) is 9.19. The molecule has 1 aliphatic heterocycles. The predicted octanol–water partition coefficient (Wildman–Crippen LogP) is 3.67. The Hall–Kier alpha value is -2.53. The molecule has 0 saturated carbocycles. The largest absolute Gasteiger partial charge is 0.497 e. The van der Waals surface area contributed by atoms with Crippen LogP contribution in [0.2, 0.25) is 0 Å². The number of carbonyl (C=O) groups excluding carboxylic acids is 1. The maximum atomic E-state index is 13.9. The molecular formula is C25H32N4O4S2. The van der Waals surface area contributed by atoms with Crippen molar-refractivity contribution in [1.82, 2.24) is 14.2 Å². The summed E-state index contributed by atoms with van der Waals surface area (Å²) in [6, 6.07) is 9.68. The van der Waals surface area contributed by atoms with E-state index >= 15 is 0 Å². The lowest BCUT2D eigenvalue weighted by Crippen LogP contribution is -2.49. The average Bonchev–Trinajstić information content (AvgIpc) is 3.47. The highest BCUT2D eigenvalue weighted by atomic mass is 32.2. The number of aryl methyl sites for hydroxylation is 2. The second-order valence-electron chi connectivity index (χ2n) is 9.17. The second kappa shape index (κ2) is 10.2. The molecule has 0 N–H and O–H groups in total. The molecule has 0 radical (unpaired) electrons. The molecule has 0 aliphatic carbocycles. The molecular weight excluding hydrogens is 484 g/mol. The van der Waals surface area contributed by atoms with E-state index in [4.69, 9.17) is 9.72 Å². The number of ether oxygens (including phenoxy) is 1. The van der Waals surface area contributed by atoms with Crippen molar-refractivity contribution in [2.45, 2.75) is 37.6 Å². The van der Waals surface area contributed by atoms with Crippen molar-refractivity contribution >= 4 is 42.6 Å². The molecule has 4 rings (SSSR count). The quantitative estimate of drug-likeness (QED) is 0.454. The summed E-state index contributed by atoms with van der Waals surface area (Å²) in [5.41, 5.74) is 3.09. The van der Waals surface area contributed by atoms with Crippen molar-refractivity contribution in [2.75, 3.05) is 45.7 Å². The van der Waals surface area contributed by atoms with Crippen LogP contribution < -0.4 is 9.64 Å². The fraction of sp³-hybridized carbons (Fsp3) is 0.440. The molecule has 1 amide bonds. The lowest BCUT2D eigenvalue weighted by atomic mass is 10.1. The van der Waals surface area contributed by atoms with Gasteiger partial charge in [0.1, 0.15) is 11.8 Å². The molecule has 10 heteroatoms. The number of methoxy groups -OCH3 is 1. The Kier molecular flexibility index (Phi) is 7.46. The minimum atomic E-state index is -3.84. The topological polar surface area (TPSA) is 83.0 Å². The van der Waals surface area contributed by atoms with Gasteiger partial charge in [0.05, 0.1) is 22.2 Å². The van der Waals surface area contributed by atoms with Gasteiger partial charge in [0, 0.05) is 19.6 Å². The lowest BCUT2D eigenvalue weighted by Gasteiger charge is -2.29. The smallest absolute Gasteiger partial charge is 0.247 e. The fourth-order valence-corrected chi connectivity index (χ4v) is 7.24. The zero-order valence-corrected chi connectivity index (χ0v) is 22.4.